The summed E-state index contributed by atoms with van der Waals surface area (Å²) in [5, 5.41) is 2.93. The number of carbonyl (C=O) groups excluding carboxylic acids is 2. The third kappa shape index (κ3) is 7.00. The van der Waals surface area contributed by atoms with Gasteiger partial charge < -0.3 is 19.7 Å². The van der Waals surface area contributed by atoms with Crippen LogP contribution < -0.4 is 19.5 Å². The van der Waals surface area contributed by atoms with E-state index in [1.807, 2.05) is 48.5 Å². The Morgan fingerprint density at radius 2 is 1.62 bits per heavy atom. The van der Waals surface area contributed by atoms with Gasteiger partial charge in [0, 0.05) is 25.6 Å². The van der Waals surface area contributed by atoms with Crippen LogP contribution in [0, 0.1) is 0 Å². The first kappa shape index (κ1) is 27.7. The largest absolute Gasteiger partial charge is 0.454 e. The van der Waals surface area contributed by atoms with E-state index in [2.05, 4.69) is 10.0 Å². The van der Waals surface area contributed by atoms with E-state index in [1.165, 1.54) is 0 Å². The van der Waals surface area contributed by atoms with Crippen LogP contribution in [0.25, 0.3) is 0 Å². The van der Waals surface area contributed by atoms with Crippen molar-refractivity contribution in [1.82, 2.24) is 14.9 Å². The number of hydrogen-bond acceptors (Lipinski definition) is 6. The van der Waals surface area contributed by atoms with Crippen LogP contribution >= 0.6 is 0 Å². The molecule has 1 fully saturated rings. The number of carbonyl (C=O) groups is 2. The van der Waals surface area contributed by atoms with Crippen molar-refractivity contribution in [2.24, 2.45) is 0 Å². The van der Waals surface area contributed by atoms with E-state index >= 15 is 0 Å². The van der Waals surface area contributed by atoms with Crippen molar-refractivity contribution in [1.29, 1.82) is 0 Å². The number of amides is 2. The fourth-order valence-corrected chi connectivity index (χ4v) is 5.77. The molecule has 3 aromatic carbocycles. The Bertz CT molecular complexity index is 1460. The quantitative estimate of drug-likeness (QED) is 0.349. The Labute approximate surface area is 234 Å². The highest BCUT2D eigenvalue weighted by atomic mass is 32.2. The minimum atomic E-state index is -3.53. The van der Waals surface area contributed by atoms with Crippen molar-refractivity contribution in [3.63, 3.8) is 0 Å². The lowest BCUT2D eigenvalue weighted by atomic mass is 10.1. The van der Waals surface area contributed by atoms with E-state index < -0.39 is 16.1 Å². The van der Waals surface area contributed by atoms with E-state index in [1.54, 1.807) is 36.1 Å². The van der Waals surface area contributed by atoms with Crippen molar-refractivity contribution in [2.45, 2.75) is 62.7 Å². The van der Waals surface area contributed by atoms with Gasteiger partial charge in [-0.3, -0.25) is 9.59 Å². The van der Waals surface area contributed by atoms with Crippen LogP contribution in [0.4, 0.5) is 0 Å². The molecule has 1 aliphatic carbocycles. The molecule has 1 saturated carbocycles. The minimum absolute atomic E-state index is 0.0362. The number of hydrogen-bond donors (Lipinski definition) is 2. The molecule has 5 rings (SSSR count). The molecule has 0 radical (unpaired) electrons. The molecule has 0 unspecified atom stereocenters. The Balaban J connectivity index is 1.22. The third-order valence-electron chi connectivity index (χ3n) is 7.03. The van der Waals surface area contributed by atoms with E-state index in [4.69, 9.17) is 9.47 Å². The summed E-state index contributed by atoms with van der Waals surface area (Å²) >= 11 is 0. The highest BCUT2D eigenvalue weighted by molar-refractivity contribution is 7.89. The van der Waals surface area contributed by atoms with Gasteiger partial charge in [-0.25, -0.2) is 13.1 Å². The molecule has 2 N–H and O–H groups in total. The molecule has 0 spiro atoms. The van der Waals surface area contributed by atoms with E-state index in [0.717, 1.165) is 29.5 Å². The van der Waals surface area contributed by atoms with Crippen LogP contribution in [0.15, 0.2) is 77.7 Å². The summed E-state index contributed by atoms with van der Waals surface area (Å²) in [7, 11) is -3.53. The predicted molar refractivity (Wildman–Crippen MR) is 149 cm³/mol. The average Bonchev–Trinajstić information content (AvgIpc) is 3.64. The molecule has 3 aromatic rings. The average molecular weight is 564 g/mol. The van der Waals surface area contributed by atoms with Gasteiger partial charge in [-0.05, 0) is 67.1 Å². The standard InChI is InChI=1S/C30H33N3O6S/c1-21(30(35)31-18-24-9-15-27-28(17-24)39-20-38-27)33(19-23-5-3-2-4-6-23)29(34)16-10-22-7-13-26(14-8-22)40(36,37)32-25-11-12-25/h2-9,13-15,17,21,25,32H,10-12,16,18-20H2,1H3,(H,31,35)/t21-/m1/s1. The number of ether oxygens (including phenoxy) is 2. The zero-order valence-corrected chi connectivity index (χ0v) is 23.2. The van der Waals surface area contributed by atoms with Crippen molar-refractivity contribution in [3.8, 4) is 11.5 Å². The van der Waals surface area contributed by atoms with Gasteiger partial charge in [0.15, 0.2) is 11.5 Å². The molecule has 2 amide bonds. The molecule has 0 saturated heterocycles. The number of benzene rings is 3. The third-order valence-corrected chi connectivity index (χ3v) is 8.56. The topological polar surface area (TPSA) is 114 Å². The summed E-state index contributed by atoms with van der Waals surface area (Å²) in [6.45, 7) is 2.49. The summed E-state index contributed by atoms with van der Waals surface area (Å²) in [6.07, 6.45) is 2.34. The summed E-state index contributed by atoms with van der Waals surface area (Å²) in [5.74, 6) is 0.890. The van der Waals surface area contributed by atoms with Crippen molar-refractivity contribution in [3.05, 3.63) is 89.5 Å². The molecule has 210 valence electrons. The Kier molecular flexibility index (Phi) is 8.37. The van der Waals surface area contributed by atoms with Crippen molar-refractivity contribution >= 4 is 21.8 Å². The normalized spacial score (nSPS) is 14.9. The van der Waals surface area contributed by atoms with Crippen molar-refractivity contribution < 1.29 is 27.5 Å². The molecule has 1 heterocycles. The summed E-state index contributed by atoms with van der Waals surface area (Å²) in [4.78, 5) is 28.4. The highest BCUT2D eigenvalue weighted by Gasteiger charge is 2.28. The van der Waals surface area contributed by atoms with Gasteiger partial charge in [0.05, 0.1) is 4.90 Å². The molecule has 0 aromatic heterocycles. The van der Waals surface area contributed by atoms with Crippen LogP contribution in [0.3, 0.4) is 0 Å². The SMILES string of the molecule is C[C@H](C(=O)NCc1ccc2c(c1)OCO2)N(Cc1ccccc1)C(=O)CCc1ccc(S(=O)(=O)NC2CC2)cc1. The van der Waals surface area contributed by atoms with Crippen molar-refractivity contribution in [2.75, 3.05) is 6.79 Å². The fourth-order valence-electron chi connectivity index (χ4n) is 4.47. The van der Waals surface area contributed by atoms with E-state index in [0.29, 0.717) is 24.5 Å². The van der Waals surface area contributed by atoms with Gasteiger partial charge in [-0.1, -0.05) is 48.5 Å². The lowest BCUT2D eigenvalue weighted by Crippen LogP contribution is -2.47. The lowest BCUT2D eigenvalue weighted by molar-refractivity contribution is -0.140. The number of fused-ring (bicyclic) bond motifs is 1. The zero-order chi connectivity index (χ0) is 28.1. The van der Waals surface area contributed by atoms with Crippen LogP contribution in [-0.4, -0.2) is 44.0 Å². The van der Waals surface area contributed by atoms with Gasteiger partial charge >= 0.3 is 0 Å². The smallest absolute Gasteiger partial charge is 0.242 e. The Hall–Kier alpha value is -3.89. The van der Waals surface area contributed by atoms with E-state index in [-0.39, 0.29) is 42.5 Å². The molecule has 1 aliphatic heterocycles. The lowest BCUT2D eigenvalue weighted by Gasteiger charge is -2.29. The molecule has 10 heteroatoms. The molecule has 2 aliphatic rings. The number of nitrogens with zero attached hydrogens (tertiary/aromatic N) is 1. The molecule has 40 heavy (non-hydrogen) atoms. The number of rotatable bonds is 12. The molecule has 9 nitrogen and oxygen atoms in total. The molecule has 0 bridgehead atoms. The first-order valence-electron chi connectivity index (χ1n) is 13.4. The second kappa shape index (κ2) is 12.1. The molecular weight excluding hydrogens is 530 g/mol. The predicted octanol–water partition coefficient (Wildman–Crippen LogP) is 3.52. The maximum Gasteiger partial charge on any atom is 0.242 e. The number of aryl methyl sites for hydroxylation is 1. The van der Waals surface area contributed by atoms with Crippen LogP contribution in [0.5, 0.6) is 11.5 Å². The minimum Gasteiger partial charge on any atom is -0.454 e. The van der Waals surface area contributed by atoms with Crippen LogP contribution in [-0.2, 0) is 39.1 Å². The first-order chi connectivity index (χ1) is 19.3. The van der Waals surface area contributed by atoms with Gasteiger partial charge in [-0.2, -0.15) is 0 Å². The maximum atomic E-state index is 13.4. The number of sulfonamides is 1. The van der Waals surface area contributed by atoms with Gasteiger partial charge in [-0.15, -0.1) is 0 Å². The Morgan fingerprint density at radius 1 is 0.925 bits per heavy atom. The monoisotopic (exact) mass is 563 g/mol. The second-order valence-electron chi connectivity index (χ2n) is 10.1. The van der Waals surface area contributed by atoms with E-state index in [9.17, 15) is 18.0 Å². The van der Waals surface area contributed by atoms with Gasteiger partial charge in [0.1, 0.15) is 6.04 Å². The highest BCUT2D eigenvalue weighted by Crippen LogP contribution is 2.32. The summed E-state index contributed by atoms with van der Waals surface area (Å²) < 4.78 is 38.3. The Morgan fingerprint density at radius 3 is 2.35 bits per heavy atom. The zero-order valence-electron chi connectivity index (χ0n) is 22.3. The van der Waals surface area contributed by atoms with Crippen LogP contribution in [0.1, 0.15) is 42.9 Å². The molecule has 1 atom stereocenters. The summed E-state index contributed by atoms with van der Waals surface area (Å²) in [5.41, 5.74) is 2.63. The summed E-state index contributed by atoms with van der Waals surface area (Å²) in [6, 6.07) is 21.0. The maximum absolute atomic E-state index is 13.4. The second-order valence-corrected chi connectivity index (χ2v) is 11.8. The molecular formula is C30H33N3O6S. The first-order valence-corrected chi connectivity index (χ1v) is 14.9. The number of nitrogens with one attached hydrogen (secondary N) is 2. The van der Waals surface area contributed by atoms with Gasteiger partial charge in [0.25, 0.3) is 0 Å². The van der Waals surface area contributed by atoms with Crippen LogP contribution in [0.2, 0.25) is 0 Å². The van der Waals surface area contributed by atoms with Gasteiger partial charge in [0.2, 0.25) is 28.6 Å². The fraction of sp³-hybridized carbons (Fsp3) is 0.333.